The molecule has 0 aromatic carbocycles. The number of nitrogens with zero attached hydrogens (tertiary/aromatic N) is 5. The van der Waals surface area contributed by atoms with E-state index in [0.29, 0.717) is 6.42 Å². The minimum atomic E-state index is -0.116. The van der Waals surface area contributed by atoms with Crippen LogP contribution in [-0.4, -0.2) is 74.6 Å². The highest BCUT2D eigenvalue weighted by Gasteiger charge is 2.46. The van der Waals surface area contributed by atoms with Crippen LogP contribution in [-0.2, 0) is 22.7 Å². The molecule has 1 spiro atoms. The van der Waals surface area contributed by atoms with E-state index in [2.05, 4.69) is 23.1 Å². The van der Waals surface area contributed by atoms with Crippen LogP contribution in [0.5, 0.6) is 0 Å². The second kappa shape index (κ2) is 8.23. The zero-order chi connectivity index (χ0) is 19.6. The highest BCUT2D eigenvalue weighted by atomic mass is 16.2. The van der Waals surface area contributed by atoms with E-state index in [4.69, 9.17) is 0 Å². The number of aryl methyl sites for hydroxylation is 1. The molecular formula is C21H33N5O2. The third kappa shape index (κ3) is 3.95. The average Bonchev–Trinajstić information content (AvgIpc) is 3.40. The molecule has 3 aliphatic heterocycles. The third-order valence-electron chi connectivity index (χ3n) is 6.86. The van der Waals surface area contributed by atoms with Crippen molar-refractivity contribution in [1.82, 2.24) is 24.5 Å². The summed E-state index contributed by atoms with van der Waals surface area (Å²) >= 11 is 0. The van der Waals surface area contributed by atoms with Gasteiger partial charge in [0.1, 0.15) is 6.54 Å². The first-order valence-electron chi connectivity index (χ1n) is 10.9. The fraction of sp³-hybridized carbons (Fsp3) is 0.762. The Morgan fingerprint density at radius 1 is 1.11 bits per heavy atom. The Bertz CT molecular complexity index is 711. The molecule has 28 heavy (non-hydrogen) atoms. The van der Waals surface area contributed by atoms with E-state index in [9.17, 15) is 9.59 Å². The van der Waals surface area contributed by atoms with E-state index in [1.54, 1.807) is 0 Å². The van der Waals surface area contributed by atoms with E-state index in [1.165, 1.54) is 5.56 Å². The van der Waals surface area contributed by atoms with Gasteiger partial charge in [-0.3, -0.25) is 19.2 Å². The van der Waals surface area contributed by atoms with E-state index < -0.39 is 0 Å². The Balaban J connectivity index is 1.40. The van der Waals surface area contributed by atoms with Gasteiger partial charge in [-0.05, 0) is 52.0 Å². The number of carbonyl (C=O) groups excluding carboxylic acids is 2. The van der Waals surface area contributed by atoms with Crippen LogP contribution in [0.3, 0.4) is 0 Å². The van der Waals surface area contributed by atoms with Crippen LogP contribution in [0.15, 0.2) is 12.4 Å². The third-order valence-corrected chi connectivity index (χ3v) is 6.86. The van der Waals surface area contributed by atoms with E-state index in [-0.39, 0.29) is 23.9 Å². The summed E-state index contributed by atoms with van der Waals surface area (Å²) in [7, 11) is 0. The number of aromatic nitrogens is 2. The van der Waals surface area contributed by atoms with Gasteiger partial charge < -0.3 is 9.80 Å². The van der Waals surface area contributed by atoms with E-state index in [1.807, 2.05) is 20.7 Å². The molecule has 0 radical (unpaired) electrons. The molecule has 2 amide bonds. The lowest BCUT2D eigenvalue weighted by molar-refractivity contribution is -0.141. The molecule has 0 bridgehead atoms. The van der Waals surface area contributed by atoms with Crippen LogP contribution >= 0.6 is 0 Å². The predicted octanol–water partition coefficient (Wildman–Crippen LogP) is 1.87. The molecule has 4 heterocycles. The summed E-state index contributed by atoms with van der Waals surface area (Å²) in [6, 6.07) is 0. The van der Waals surface area contributed by atoms with E-state index in [0.717, 1.165) is 77.8 Å². The highest BCUT2D eigenvalue weighted by Crippen LogP contribution is 2.39. The maximum atomic E-state index is 12.7. The highest BCUT2D eigenvalue weighted by molar-refractivity contribution is 5.87. The normalized spacial score (nSPS) is 26.4. The molecule has 0 N–H and O–H groups in total. The summed E-state index contributed by atoms with van der Waals surface area (Å²) in [4.78, 5) is 31.7. The quantitative estimate of drug-likeness (QED) is 0.774. The summed E-state index contributed by atoms with van der Waals surface area (Å²) in [5, 5.41) is 4.38. The monoisotopic (exact) mass is 387 g/mol. The SMILES string of the molecule is CCn1cc(CN2CCC[C@]3(CCC(=O)N3CC(=O)N3CCCC3)CC2)cn1. The van der Waals surface area contributed by atoms with Crippen molar-refractivity contribution in [2.75, 3.05) is 32.7 Å². The molecule has 7 heteroatoms. The fourth-order valence-corrected chi connectivity index (χ4v) is 5.16. The first-order valence-corrected chi connectivity index (χ1v) is 10.9. The van der Waals surface area contributed by atoms with Gasteiger partial charge in [-0.2, -0.15) is 5.10 Å². The number of hydrogen-bond acceptors (Lipinski definition) is 4. The second-order valence-electron chi connectivity index (χ2n) is 8.63. The molecule has 154 valence electrons. The molecule has 3 saturated heterocycles. The van der Waals surface area contributed by atoms with Gasteiger partial charge in [-0.1, -0.05) is 0 Å². The second-order valence-corrected chi connectivity index (χ2v) is 8.63. The van der Waals surface area contributed by atoms with Crippen molar-refractivity contribution in [2.24, 2.45) is 0 Å². The molecule has 0 saturated carbocycles. The minimum Gasteiger partial charge on any atom is -0.341 e. The number of likely N-dealkylation sites (tertiary alicyclic amines) is 3. The lowest BCUT2D eigenvalue weighted by Gasteiger charge is -2.38. The molecular weight excluding hydrogens is 354 g/mol. The Morgan fingerprint density at radius 3 is 2.68 bits per heavy atom. The molecule has 1 aromatic heterocycles. The zero-order valence-corrected chi connectivity index (χ0v) is 17.1. The van der Waals surface area contributed by atoms with Crippen molar-refractivity contribution in [1.29, 1.82) is 0 Å². The number of amides is 2. The van der Waals surface area contributed by atoms with Crippen molar-refractivity contribution >= 4 is 11.8 Å². The zero-order valence-electron chi connectivity index (χ0n) is 17.1. The fourth-order valence-electron chi connectivity index (χ4n) is 5.16. The van der Waals surface area contributed by atoms with Crippen molar-refractivity contribution in [2.45, 2.75) is 70.5 Å². The molecule has 3 fully saturated rings. The molecule has 0 aliphatic carbocycles. The van der Waals surface area contributed by atoms with Crippen LogP contribution in [0, 0.1) is 0 Å². The van der Waals surface area contributed by atoms with Crippen molar-refractivity contribution in [3.8, 4) is 0 Å². The lowest BCUT2D eigenvalue weighted by Crippen LogP contribution is -2.51. The van der Waals surface area contributed by atoms with Gasteiger partial charge in [-0.25, -0.2) is 0 Å². The van der Waals surface area contributed by atoms with Crippen LogP contribution in [0.4, 0.5) is 0 Å². The summed E-state index contributed by atoms with van der Waals surface area (Å²) in [6.45, 7) is 7.91. The Morgan fingerprint density at radius 2 is 1.93 bits per heavy atom. The van der Waals surface area contributed by atoms with Gasteiger partial charge in [0, 0.05) is 56.4 Å². The average molecular weight is 388 g/mol. The van der Waals surface area contributed by atoms with Gasteiger partial charge in [0.05, 0.1) is 6.20 Å². The standard InChI is InChI=1S/C21H33N5O2/c1-2-25-16-18(14-22-25)15-23-10-5-7-21(9-13-23)8-6-19(27)26(21)17-20(28)24-11-3-4-12-24/h14,16H,2-13,15,17H2,1H3/t21-/m0/s1. The molecule has 7 nitrogen and oxygen atoms in total. The summed E-state index contributed by atoms with van der Waals surface area (Å²) in [6.07, 6.45) is 10.8. The van der Waals surface area contributed by atoms with Crippen molar-refractivity contribution in [3.63, 3.8) is 0 Å². The minimum absolute atomic E-state index is 0.116. The van der Waals surface area contributed by atoms with Crippen LogP contribution < -0.4 is 0 Å². The first kappa shape index (κ1) is 19.4. The topological polar surface area (TPSA) is 61.7 Å². The van der Waals surface area contributed by atoms with Gasteiger partial charge in [0.2, 0.25) is 11.8 Å². The largest absolute Gasteiger partial charge is 0.341 e. The van der Waals surface area contributed by atoms with Crippen molar-refractivity contribution < 1.29 is 9.59 Å². The molecule has 3 aliphatic rings. The van der Waals surface area contributed by atoms with Crippen molar-refractivity contribution in [3.05, 3.63) is 18.0 Å². The molecule has 4 rings (SSSR count). The Kier molecular flexibility index (Phi) is 5.71. The molecule has 1 atom stereocenters. The maximum Gasteiger partial charge on any atom is 0.242 e. The lowest BCUT2D eigenvalue weighted by atomic mass is 9.87. The van der Waals surface area contributed by atoms with Gasteiger partial charge in [0.15, 0.2) is 0 Å². The number of rotatable bonds is 5. The number of hydrogen-bond donors (Lipinski definition) is 0. The maximum absolute atomic E-state index is 12.7. The summed E-state index contributed by atoms with van der Waals surface area (Å²) < 4.78 is 1.97. The smallest absolute Gasteiger partial charge is 0.242 e. The van der Waals surface area contributed by atoms with Gasteiger partial charge in [0.25, 0.3) is 0 Å². The molecule has 1 aromatic rings. The van der Waals surface area contributed by atoms with Gasteiger partial charge in [-0.15, -0.1) is 0 Å². The Hall–Kier alpha value is -1.89. The van der Waals surface area contributed by atoms with Crippen LogP contribution in [0.2, 0.25) is 0 Å². The van der Waals surface area contributed by atoms with Crippen LogP contribution in [0.25, 0.3) is 0 Å². The molecule has 0 unspecified atom stereocenters. The predicted molar refractivity (Wildman–Crippen MR) is 107 cm³/mol. The van der Waals surface area contributed by atoms with Crippen LogP contribution in [0.1, 0.15) is 57.4 Å². The Labute approximate surface area is 167 Å². The number of carbonyl (C=O) groups is 2. The first-order chi connectivity index (χ1) is 13.6. The summed E-state index contributed by atoms with van der Waals surface area (Å²) in [5.74, 6) is 0.311. The van der Waals surface area contributed by atoms with Gasteiger partial charge >= 0.3 is 0 Å². The van der Waals surface area contributed by atoms with E-state index >= 15 is 0 Å². The summed E-state index contributed by atoms with van der Waals surface area (Å²) in [5.41, 5.74) is 1.14.